The summed E-state index contributed by atoms with van der Waals surface area (Å²) in [5.41, 5.74) is 8.23. The number of carbonyl (C=O) groups excluding carboxylic acids is 2. The fraction of sp³-hybridized carbons (Fsp3) is 0.273. The molecule has 2 amide bonds. The second-order valence-corrected chi connectivity index (χ2v) is 15.0. The van der Waals surface area contributed by atoms with Gasteiger partial charge in [0.25, 0.3) is 5.91 Å². The summed E-state index contributed by atoms with van der Waals surface area (Å²) in [7, 11) is 0. The molecule has 0 unspecified atom stereocenters. The number of hydrogen-bond acceptors (Lipinski definition) is 5. The van der Waals surface area contributed by atoms with Gasteiger partial charge >= 0.3 is 6.09 Å². The minimum Gasteiger partial charge on any atom is -0.444 e. The molecule has 3 N–H and O–H groups in total. The highest BCUT2D eigenvalue weighted by Gasteiger charge is 2.38. The van der Waals surface area contributed by atoms with Crippen LogP contribution in [0.2, 0.25) is 0 Å². The predicted octanol–water partition coefficient (Wildman–Crippen LogP) is 10.1. The van der Waals surface area contributed by atoms with E-state index in [0.717, 1.165) is 51.2 Å². The molecule has 5 rings (SSSR count). The molecule has 7 heteroatoms. The van der Waals surface area contributed by atoms with Crippen molar-refractivity contribution >= 4 is 35.1 Å². The van der Waals surface area contributed by atoms with Crippen molar-refractivity contribution < 1.29 is 14.3 Å². The highest BCUT2D eigenvalue weighted by atomic mass is 32.2. The Morgan fingerprint density at radius 3 is 1.82 bits per heavy atom. The smallest absolute Gasteiger partial charge is 0.407 e. The Hall–Kier alpha value is -5.01. The summed E-state index contributed by atoms with van der Waals surface area (Å²) in [5, 5.41) is 9.85. The second-order valence-electron chi connectivity index (χ2n) is 13.7. The molecule has 5 aromatic rings. The summed E-state index contributed by atoms with van der Waals surface area (Å²) >= 11 is 1.78. The van der Waals surface area contributed by atoms with Crippen LogP contribution in [-0.4, -0.2) is 35.9 Å². The van der Waals surface area contributed by atoms with Crippen LogP contribution in [0.4, 0.5) is 16.2 Å². The van der Waals surface area contributed by atoms with Crippen molar-refractivity contribution in [2.75, 3.05) is 22.9 Å². The SMILES string of the molecule is CCc1ccc(C(=O)Nc2cccc(C)c2C)cc1NC[C@H](CSC(c1ccccc1)(c1ccccc1)c1ccccc1)NC(=O)OC(C)(C)C. The molecule has 0 saturated heterocycles. The summed E-state index contributed by atoms with van der Waals surface area (Å²) in [6, 6.07) is 42.9. The standard InChI is InChI=1S/C44H49N3O3S/c1-7-33-26-27-34(41(48)47-39-25-17-18-31(2)32(39)3)28-40(33)45-29-38(46-42(49)50-43(4,5)6)30-51-44(35-19-11-8-12-20-35,36-21-13-9-14-22-36)37-23-15-10-16-24-37/h8-28,38,45H,7,29-30H2,1-6H3,(H,46,49)(H,47,48)/t38-/m1/s1. The zero-order valence-corrected chi connectivity index (χ0v) is 31.3. The average molecular weight is 700 g/mol. The number of ether oxygens (including phenoxy) is 1. The number of nitrogens with one attached hydrogen (secondary N) is 3. The second kappa shape index (κ2) is 16.8. The van der Waals surface area contributed by atoms with Crippen molar-refractivity contribution in [1.29, 1.82) is 0 Å². The Balaban J connectivity index is 1.46. The van der Waals surface area contributed by atoms with Crippen LogP contribution in [0.3, 0.4) is 0 Å². The summed E-state index contributed by atoms with van der Waals surface area (Å²) in [6.45, 7) is 12.1. The van der Waals surface area contributed by atoms with Crippen molar-refractivity contribution in [3.8, 4) is 0 Å². The van der Waals surface area contributed by atoms with E-state index in [-0.39, 0.29) is 11.9 Å². The summed E-state index contributed by atoms with van der Waals surface area (Å²) < 4.78 is 5.18. The molecule has 1 atom stereocenters. The number of thioether (sulfide) groups is 1. The van der Waals surface area contributed by atoms with E-state index in [0.29, 0.717) is 17.9 Å². The van der Waals surface area contributed by atoms with Crippen LogP contribution < -0.4 is 16.0 Å². The van der Waals surface area contributed by atoms with Gasteiger partial charge in [0.15, 0.2) is 0 Å². The van der Waals surface area contributed by atoms with Gasteiger partial charge < -0.3 is 20.7 Å². The molecule has 264 valence electrons. The number of rotatable bonds is 13. The minimum absolute atomic E-state index is 0.174. The van der Waals surface area contributed by atoms with Crippen LogP contribution in [-0.2, 0) is 15.9 Å². The van der Waals surface area contributed by atoms with Crippen LogP contribution in [0.5, 0.6) is 0 Å². The van der Waals surface area contributed by atoms with Gasteiger partial charge in [-0.1, -0.05) is 116 Å². The van der Waals surface area contributed by atoms with E-state index < -0.39 is 16.4 Å². The minimum atomic E-state index is -0.649. The molecular weight excluding hydrogens is 651 g/mol. The van der Waals surface area contributed by atoms with Crippen molar-refractivity contribution in [3.63, 3.8) is 0 Å². The van der Waals surface area contributed by atoms with E-state index in [1.54, 1.807) is 11.8 Å². The molecule has 0 aliphatic carbocycles. The largest absolute Gasteiger partial charge is 0.444 e. The molecule has 0 aliphatic rings. The maximum absolute atomic E-state index is 13.4. The Labute approximate surface area is 307 Å². The number of hydrogen-bond donors (Lipinski definition) is 3. The Morgan fingerprint density at radius 2 is 1.29 bits per heavy atom. The van der Waals surface area contributed by atoms with Gasteiger partial charge in [0.2, 0.25) is 0 Å². The van der Waals surface area contributed by atoms with E-state index in [1.165, 1.54) is 0 Å². The third kappa shape index (κ3) is 9.41. The van der Waals surface area contributed by atoms with Crippen molar-refractivity contribution in [2.45, 2.75) is 64.4 Å². The maximum atomic E-state index is 13.4. The molecule has 0 fully saturated rings. The van der Waals surface area contributed by atoms with Crippen LogP contribution in [0.1, 0.15) is 71.4 Å². The maximum Gasteiger partial charge on any atom is 0.407 e. The molecular formula is C44H49N3O3S. The first-order valence-corrected chi connectivity index (χ1v) is 18.5. The van der Waals surface area contributed by atoms with Crippen molar-refractivity contribution in [1.82, 2.24) is 5.32 Å². The number of alkyl carbamates (subject to hydrolysis) is 1. The van der Waals surface area contributed by atoms with Crippen LogP contribution >= 0.6 is 11.8 Å². The fourth-order valence-corrected chi connectivity index (χ4v) is 7.69. The third-order valence-corrected chi connectivity index (χ3v) is 10.6. The quantitative estimate of drug-likeness (QED) is 0.107. The van der Waals surface area contributed by atoms with Gasteiger partial charge in [0, 0.05) is 29.2 Å². The lowest BCUT2D eigenvalue weighted by atomic mass is 9.84. The topological polar surface area (TPSA) is 79.5 Å². The number of carbonyl (C=O) groups is 2. The Bertz CT molecular complexity index is 1810. The van der Waals surface area contributed by atoms with E-state index in [2.05, 4.69) is 95.7 Å². The molecule has 0 bridgehead atoms. The Morgan fingerprint density at radius 1 is 0.725 bits per heavy atom. The summed E-state index contributed by atoms with van der Waals surface area (Å²) in [6.07, 6.45) is 0.302. The van der Waals surface area contributed by atoms with E-state index >= 15 is 0 Å². The van der Waals surface area contributed by atoms with Gasteiger partial charge in [-0.05, 0) is 92.6 Å². The van der Waals surface area contributed by atoms with Gasteiger partial charge in [-0.2, -0.15) is 0 Å². The molecule has 5 aromatic carbocycles. The first-order valence-electron chi connectivity index (χ1n) is 17.5. The molecule has 0 spiro atoms. The first-order chi connectivity index (χ1) is 24.5. The van der Waals surface area contributed by atoms with Gasteiger partial charge in [-0.25, -0.2) is 4.79 Å². The number of anilines is 2. The Kier molecular flexibility index (Phi) is 12.3. The summed E-state index contributed by atoms with van der Waals surface area (Å²) in [4.78, 5) is 26.7. The fourth-order valence-electron chi connectivity index (χ4n) is 6.12. The van der Waals surface area contributed by atoms with Crippen molar-refractivity contribution in [2.24, 2.45) is 0 Å². The zero-order chi connectivity index (χ0) is 36.4. The van der Waals surface area contributed by atoms with Crippen LogP contribution in [0, 0.1) is 13.8 Å². The number of amides is 2. The van der Waals surface area contributed by atoms with Gasteiger partial charge in [-0.15, -0.1) is 11.8 Å². The average Bonchev–Trinajstić information content (AvgIpc) is 3.13. The predicted molar refractivity (Wildman–Crippen MR) is 213 cm³/mol. The molecule has 6 nitrogen and oxygen atoms in total. The van der Waals surface area contributed by atoms with Gasteiger partial charge in [0.1, 0.15) is 5.60 Å². The number of benzene rings is 5. The summed E-state index contributed by atoms with van der Waals surface area (Å²) in [5.74, 6) is 0.380. The molecule has 0 radical (unpaired) electrons. The van der Waals surface area contributed by atoms with E-state index in [4.69, 9.17) is 4.74 Å². The lowest BCUT2D eigenvalue weighted by Gasteiger charge is -2.37. The molecule has 51 heavy (non-hydrogen) atoms. The molecule has 0 saturated carbocycles. The van der Waals surface area contributed by atoms with Gasteiger partial charge in [0.05, 0.1) is 10.8 Å². The monoisotopic (exact) mass is 699 g/mol. The first kappa shape index (κ1) is 37.3. The highest BCUT2D eigenvalue weighted by molar-refractivity contribution is 8.00. The molecule has 0 heterocycles. The molecule has 0 aliphatic heterocycles. The normalized spacial score (nSPS) is 12.1. The van der Waals surface area contributed by atoms with Gasteiger partial charge in [-0.3, -0.25) is 4.79 Å². The third-order valence-electron chi connectivity index (χ3n) is 8.91. The van der Waals surface area contributed by atoms with E-state index in [1.807, 2.05) is 89.2 Å². The zero-order valence-electron chi connectivity index (χ0n) is 30.5. The lowest BCUT2D eigenvalue weighted by Crippen LogP contribution is -2.45. The van der Waals surface area contributed by atoms with E-state index in [9.17, 15) is 9.59 Å². The number of aryl methyl sites for hydroxylation is 2. The lowest BCUT2D eigenvalue weighted by molar-refractivity contribution is 0.0512. The van der Waals surface area contributed by atoms with Crippen LogP contribution in [0.25, 0.3) is 0 Å². The highest BCUT2D eigenvalue weighted by Crippen LogP contribution is 2.48. The molecule has 0 aromatic heterocycles. The van der Waals surface area contributed by atoms with Crippen LogP contribution in [0.15, 0.2) is 127 Å². The van der Waals surface area contributed by atoms with Crippen molar-refractivity contribution in [3.05, 3.63) is 166 Å².